The lowest BCUT2D eigenvalue weighted by molar-refractivity contribution is -0.870. The maximum Gasteiger partial charge on any atom is 0.268 e. The number of amides is 1. The lowest BCUT2D eigenvalue weighted by Crippen LogP contribution is -2.46. The molecule has 1 amide bonds. The summed E-state index contributed by atoms with van der Waals surface area (Å²) >= 11 is 0. The monoisotopic (exact) mass is 867 g/mol. The van der Waals surface area contributed by atoms with Gasteiger partial charge in [0, 0.05) is 6.42 Å². The number of likely N-dealkylation sites (N-methyl/N-ethyl adjacent to an activating group) is 1. The van der Waals surface area contributed by atoms with Crippen LogP contribution in [0.25, 0.3) is 0 Å². The van der Waals surface area contributed by atoms with Crippen LogP contribution in [-0.4, -0.2) is 68.5 Å². The fraction of sp³-hybridized carbons (Fsp3) is 0.863. The van der Waals surface area contributed by atoms with Crippen molar-refractivity contribution in [2.75, 3.05) is 40.9 Å². The van der Waals surface area contributed by atoms with Crippen molar-refractivity contribution in [1.29, 1.82) is 0 Å². The van der Waals surface area contributed by atoms with Gasteiger partial charge in [-0.1, -0.05) is 211 Å². The predicted molar refractivity (Wildman–Crippen MR) is 256 cm³/mol. The predicted octanol–water partition coefficient (Wildman–Crippen LogP) is 14.0. The number of carbonyl (C=O) groups excluding carboxylic acids is 1. The Morgan fingerprint density at radius 2 is 0.967 bits per heavy atom. The molecule has 0 aliphatic heterocycles. The van der Waals surface area contributed by atoms with E-state index in [0.29, 0.717) is 23.9 Å². The third-order valence-electron chi connectivity index (χ3n) is 11.4. The van der Waals surface area contributed by atoms with E-state index in [1.807, 2.05) is 21.1 Å². The van der Waals surface area contributed by atoms with Gasteiger partial charge in [-0.2, -0.15) is 0 Å². The summed E-state index contributed by atoms with van der Waals surface area (Å²) in [6.07, 6.45) is 52.9. The number of hydrogen-bond donors (Lipinski definition) is 2. The fourth-order valence-corrected chi connectivity index (χ4v) is 8.06. The molecule has 0 saturated heterocycles. The zero-order valence-corrected chi connectivity index (χ0v) is 41.1. The maximum atomic E-state index is 12.9. The third kappa shape index (κ3) is 44.8. The molecule has 2 N–H and O–H groups in total. The van der Waals surface area contributed by atoms with Crippen LogP contribution in [0.4, 0.5) is 0 Å². The van der Waals surface area contributed by atoms with Crippen LogP contribution in [0.1, 0.15) is 232 Å². The topological polar surface area (TPSA) is 108 Å². The largest absolute Gasteiger partial charge is 0.756 e. The highest BCUT2D eigenvalue weighted by Gasteiger charge is 2.24. The number of carbonyl (C=O) groups is 1. The lowest BCUT2D eigenvalue weighted by Gasteiger charge is -2.30. The van der Waals surface area contributed by atoms with E-state index in [-0.39, 0.29) is 19.1 Å². The summed E-state index contributed by atoms with van der Waals surface area (Å²) in [6, 6.07) is -0.802. The fourth-order valence-electron chi connectivity index (χ4n) is 7.34. The van der Waals surface area contributed by atoms with Gasteiger partial charge in [-0.3, -0.25) is 9.36 Å². The number of phosphoric acid groups is 1. The molecule has 0 fully saturated rings. The van der Waals surface area contributed by atoms with Gasteiger partial charge in [0.1, 0.15) is 13.2 Å². The van der Waals surface area contributed by atoms with Gasteiger partial charge in [0.15, 0.2) is 0 Å². The van der Waals surface area contributed by atoms with E-state index in [2.05, 4.69) is 55.6 Å². The van der Waals surface area contributed by atoms with Crippen molar-refractivity contribution in [3.63, 3.8) is 0 Å². The van der Waals surface area contributed by atoms with E-state index in [9.17, 15) is 19.4 Å². The number of aliphatic hydroxyl groups excluding tert-OH is 1. The minimum Gasteiger partial charge on any atom is -0.756 e. The average Bonchev–Trinajstić information content (AvgIpc) is 3.20. The Morgan fingerprint density at radius 3 is 1.40 bits per heavy atom. The van der Waals surface area contributed by atoms with E-state index in [1.165, 1.54) is 154 Å². The number of hydrogen-bond acceptors (Lipinski definition) is 6. The van der Waals surface area contributed by atoms with Gasteiger partial charge in [0.05, 0.1) is 39.9 Å². The number of rotatable bonds is 46. The normalized spacial score (nSPS) is 14.4. The second kappa shape index (κ2) is 43.0. The molecule has 3 unspecified atom stereocenters. The molecule has 0 radical (unpaired) electrons. The van der Waals surface area contributed by atoms with Crippen molar-refractivity contribution in [3.8, 4) is 0 Å². The van der Waals surface area contributed by atoms with Gasteiger partial charge in [-0.05, 0) is 51.4 Å². The van der Waals surface area contributed by atoms with E-state index >= 15 is 0 Å². The number of phosphoric ester groups is 1. The zero-order valence-electron chi connectivity index (χ0n) is 40.2. The Bertz CT molecular complexity index is 1070. The summed E-state index contributed by atoms with van der Waals surface area (Å²) in [5, 5.41) is 13.9. The average molecular weight is 867 g/mol. The second-order valence-electron chi connectivity index (χ2n) is 18.5. The van der Waals surface area contributed by atoms with Crippen LogP contribution in [0.3, 0.4) is 0 Å². The van der Waals surface area contributed by atoms with Gasteiger partial charge < -0.3 is 28.8 Å². The second-order valence-corrected chi connectivity index (χ2v) is 19.9. The van der Waals surface area contributed by atoms with Crippen molar-refractivity contribution in [1.82, 2.24) is 5.32 Å². The van der Waals surface area contributed by atoms with Crippen LogP contribution in [0, 0.1) is 0 Å². The Labute approximate surface area is 372 Å². The quantitative estimate of drug-likeness (QED) is 0.0273. The van der Waals surface area contributed by atoms with Crippen molar-refractivity contribution < 1.29 is 32.9 Å². The Kier molecular flexibility index (Phi) is 42.1. The van der Waals surface area contributed by atoms with Gasteiger partial charge in [0.25, 0.3) is 7.82 Å². The molecule has 0 spiro atoms. The molecule has 0 aromatic heterocycles. The highest BCUT2D eigenvalue weighted by atomic mass is 31.2. The molecule has 354 valence electrons. The number of quaternary nitrogens is 1. The summed E-state index contributed by atoms with van der Waals surface area (Å²) < 4.78 is 23.3. The molecular weight excluding hydrogens is 768 g/mol. The number of nitrogens with one attached hydrogen (secondary N) is 1. The van der Waals surface area contributed by atoms with Gasteiger partial charge in [0.2, 0.25) is 5.91 Å². The van der Waals surface area contributed by atoms with Crippen molar-refractivity contribution in [3.05, 3.63) is 36.5 Å². The van der Waals surface area contributed by atoms with E-state index < -0.39 is 20.0 Å². The molecule has 60 heavy (non-hydrogen) atoms. The van der Waals surface area contributed by atoms with Crippen LogP contribution < -0.4 is 10.2 Å². The van der Waals surface area contributed by atoms with Crippen molar-refractivity contribution in [2.45, 2.75) is 244 Å². The summed E-state index contributed by atoms with van der Waals surface area (Å²) in [7, 11) is 1.30. The summed E-state index contributed by atoms with van der Waals surface area (Å²) in [5.74, 6) is -0.169. The van der Waals surface area contributed by atoms with Crippen LogP contribution in [-0.2, 0) is 18.4 Å². The number of unbranched alkanes of at least 4 members (excludes halogenated alkanes) is 27. The van der Waals surface area contributed by atoms with Crippen LogP contribution in [0.5, 0.6) is 0 Å². The van der Waals surface area contributed by atoms with Gasteiger partial charge in [-0.15, -0.1) is 0 Å². The molecule has 0 rings (SSSR count). The molecule has 0 aliphatic carbocycles. The van der Waals surface area contributed by atoms with Crippen LogP contribution in [0.2, 0.25) is 0 Å². The molecule has 0 aromatic rings. The lowest BCUT2D eigenvalue weighted by atomic mass is 10.0. The first-order valence-corrected chi connectivity index (χ1v) is 26.8. The molecule has 0 bridgehead atoms. The smallest absolute Gasteiger partial charge is 0.268 e. The SMILES string of the molecule is CCCCCCC/C=C\C/C=C\C/C=C\CCCCCCCCCCCCC(=O)NC(COP(=O)([O-])OCC[N+](C)(C)C)C(O)CCCCCCCCCCCCCCC. The Balaban J connectivity index is 4.20. The zero-order chi connectivity index (χ0) is 44.3. The minimum absolute atomic E-state index is 0.0111. The Morgan fingerprint density at radius 1 is 0.583 bits per heavy atom. The molecule has 8 nitrogen and oxygen atoms in total. The van der Waals surface area contributed by atoms with E-state index in [1.54, 1.807) is 0 Å². The molecule has 9 heteroatoms. The standard InChI is InChI=1S/C51H99N2O6P/c1-6-8-10-12-14-16-18-20-21-22-23-24-25-26-27-28-29-30-31-33-35-37-39-41-43-45-51(55)52-49(48-59-60(56,57)58-47-46-53(3,4)5)50(54)44-42-40-38-36-34-32-19-17-15-13-11-9-7-2/h18,20,22-23,25-26,49-50,54H,6-17,19,21,24,27-48H2,1-5H3,(H-,52,55,56,57)/b20-18-,23-22-,26-25-. The van der Waals surface area contributed by atoms with E-state index in [4.69, 9.17) is 9.05 Å². The van der Waals surface area contributed by atoms with Gasteiger partial charge in [-0.25, -0.2) is 0 Å². The highest BCUT2D eigenvalue weighted by Crippen LogP contribution is 2.38. The number of aliphatic hydroxyl groups is 1. The number of allylic oxidation sites excluding steroid dienone is 6. The first-order chi connectivity index (χ1) is 29.0. The van der Waals surface area contributed by atoms with Crippen LogP contribution in [0.15, 0.2) is 36.5 Å². The molecule has 3 atom stereocenters. The summed E-state index contributed by atoms with van der Waals surface area (Å²) in [6.45, 7) is 4.71. The maximum absolute atomic E-state index is 12.9. The first-order valence-electron chi connectivity index (χ1n) is 25.3. The molecule has 0 aliphatic rings. The molecule has 0 saturated carbocycles. The third-order valence-corrected chi connectivity index (χ3v) is 12.3. The van der Waals surface area contributed by atoms with Crippen molar-refractivity contribution >= 4 is 13.7 Å². The molecular formula is C51H99N2O6P. The summed E-state index contributed by atoms with van der Waals surface area (Å²) in [4.78, 5) is 25.4. The first kappa shape index (κ1) is 58.7. The number of nitrogens with zero attached hydrogens (tertiary/aromatic N) is 1. The van der Waals surface area contributed by atoms with Crippen LogP contribution >= 0.6 is 7.82 Å². The Hall–Kier alpha value is -1.28. The van der Waals surface area contributed by atoms with Crippen molar-refractivity contribution in [2.24, 2.45) is 0 Å². The van der Waals surface area contributed by atoms with E-state index in [0.717, 1.165) is 51.4 Å². The molecule has 0 aromatic carbocycles. The summed E-state index contributed by atoms with van der Waals surface area (Å²) in [5.41, 5.74) is 0. The molecule has 0 heterocycles. The highest BCUT2D eigenvalue weighted by molar-refractivity contribution is 7.45. The minimum atomic E-state index is -4.57. The van der Waals surface area contributed by atoms with Gasteiger partial charge >= 0.3 is 0 Å².